The van der Waals surface area contributed by atoms with E-state index in [1.807, 2.05) is 0 Å². The fraction of sp³-hybridized carbons (Fsp3) is 0.364. The summed E-state index contributed by atoms with van der Waals surface area (Å²) in [6, 6.07) is 6.08. The third-order valence-electron chi connectivity index (χ3n) is 2.49. The maximum absolute atomic E-state index is 12.6. The summed E-state index contributed by atoms with van der Waals surface area (Å²) < 4.78 is 37.8. The summed E-state index contributed by atoms with van der Waals surface area (Å²) in [5.74, 6) is -2.08. The van der Waals surface area contributed by atoms with Gasteiger partial charge in [0.05, 0.1) is 0 Å². The lowest BCUT2D eigenvalue weighted by molar-refractivity contribution is -0.201. The number of hydrogen-bond donors (Lipinski definition) is 2. The first-order valence-corrected chi connectivity index (χ1v) is 4.81. The van der Waals surface area contributed by atoms with Crippen molar-refractivity contribution in [3.63, 3.8) is 0 Å². The highest BCUT2D eigenvalue weighted by Gasteiger charge is 2.58. The third kappa shape index (κ3) is 2.76. The second-order valence-electron chi connectivity index (χ2n) is 3.94. The smallest absolute Gasteiger partial charge is 0.417 e. The highest BCUT2D eigenvalue weighted by Crippen LogP contribution is 2.31. The first-order valence-electron chi connectivity index (χ1n) is 4.81. The predicted octanol–water partition coefficient (Wildman–Crippen LogP) is 1.88. The molecule has 0 aliphatic rings. The van der Waals surface area contributed by atoms with Crippen molar-refractivity contribution in [2.24, 2.45) is 5.73 Å². The van der Waals surface area contributed by atoms with E-state index < -0.39 is 24.1 Å². The Kier molecular flexibility index (Phi) is 3.47. The Bertz CT molecular complexity index is 414. The number of carboxylic acid groups (broad SMARTS) is 1. The summed E-state index contributed by atoms with van der Waals surface area (Å²) in [7, 11) is 0. The minimum atomic E-state index is -5.00. The van der Waals surface area contributed by atoms with Gasteiger partial charge in [-0.1, -0.05) is 29.8 Å². The molecule has 0 fully saturated rings. The van der Waals surface area contributed by atoms with E-state index in [0.29, 0.717) is 0 Å². The Balaban J connectivity index is 3.04. The number of halogens is 3. The Morgan fingerprint density at radius 2 is 1.76 bits per heavy atom. The van der Waals surface area contributed by atoms with E-state index in [-0.39, 0.29) is 5.56 Å². The lowest BCUT2D eigenvalue weighted by Crippen LogP contribution is -2.61. The molecule has 1 aromatic carbocycles. The van der Waals surface area contributed by atoms with Crippen LogP contribution >= 0.6 is 0 Å². The molecular formula is C11H12F3NO2. The molecule has 0 spiro atoms. The zero-order valence-electron chi connectivity index (χ0n) is 9.08. The molecule has 0 bridgehead atoms. The van der Waals surface area contributed by atoms with E-state index >= 15 is 0 Å². The van der Waals surface area contributed by atoms with Crippen LogP contribution in [0.3, 0.4) is 0 Å². The first kappa shape index (κ1) is 13.5. The van der Waals surface area contributed by atoms with Gasteiger partial charge >= 0.3 is 12.1 Å². The molecule has 6 heteroatoms. The highest BCUT2D eigenvalue weighted by molar-refractivity contribution is 5.80. The second kappa shape index (κ2) is 4.37. The van der Waals surface area contributed by atoms with Crippen molar-refractivity contribution in [2.75, 3.05) is 0 Å². The number of nitrogens with two attached hydrogens (primary N) is 1. The number of aryl methyl sites for hydroxylation is 1. The molecule has 17 heavy (non-hydrogen) atoms. The number of hydrogen-bond acceptors (Lipinski definition) is 2. The number of benzene rings is 1. The van der Waals surface area contributed by atoms with E-state index in [9.17, 15) is 18.0 Å². The maximum Gasteiger partial charge on any atom is 0.417 e. The first-order chi connectivity index (χ1) is 7.67. The average molecular weight is 247 g/mol. The van der Waals surface area contributed by atoms with Gasteiger partial charge in [0.25, 0.3) is 0 Å². The molecule has 0 radical (unpaired) electrons. The topological polar surface area (TPSA) is 63.3 Å². The van der Waals surface area contributed by atoms with Gasteiger partial charge in [0, 0.05) is 6.42 Å². The van der Waals surface area contributed by atoms with Crippen molar-refractivity contribution in [3.05, 3.63) is 35.4 Å². The molecule has 0 amide bonds. The lowest BCUT2D eigenvalue weighted by Gasteiger charge is -2.27. The van der Waals surface area contributed by atoms with Crippen molar-refractivity contribution in [2.45, 2.75) is 25.1 Å². The minimum Gasteiger partial charge on any atom is -0.480 e. The van der Waals surface area contributed by atoms with Crippen LogP contribution in [0.25, 0.3) is 0 Å². The van der Waals surface area contributed by atoms with Gasteiger partial charge in [-0.25, -0.2) is 4.79 Å². The van der Waals surface area contributed by atoms with Gasteiger partial charge in [-0.3, -0.25) is 0 Å². The van der Waals surface area contributed by atoms with Gasteiger partial charge in [0.15, 0.2) is 0 Å². The number of carboxylic acids is 1. The van der Waals surface area contributed by atoms with Gasteiger partial charge in [0.2, 0.25) is 5.54 Å². The van der Waals surface area contributed by atoms with Crippen LogP contribution in [-0.2, 0) is 11.2 Å². The van der Waals surface area contributed by atoms with Crippen molar-refractivity contribution in [3.8, 4) is 0 Å². The molecule has 0 saturated heterocycles. The van der Waals surface area contributed by atoms with Gasteiger partial charge < -0.3 is 10.8 Å². The highest BCUT2D eigenvalue weighted by atomic mass is 19.4. The van der Waals surface area contributed by atoms with Crippen LogP contribution in [0.5, 0.6) is 0 Å². The SMILES string of the molecule is Cc1ccc(CC(N)(C(=O)O)C(F)(F)F)cc1. The van der Waals surface area contributed by atoms with Gasteiger partial charge in [-0.05, 0) is 12.5 Å². The summed E-state index contributed by atoms with van der Waals surface area (Å²) in [5, 5.41) is 8.64. The average Bonchev–Trinajstić information content (AvgIpc) is 2.19. The molecule has 1 atom stereocenters. The van der Waals surface area contributed by atoms with Crippen LogP contribution in [0.4, 0.5) is 13.2 Å². The summed E-state index contributed by atoms with van der Waals surface area (Å²) >= 11 is 0. The summed E-state index contributed by atoms with van der Waals surface area (Å²) in [6.45, 7) is 1.78. The molecule has 0 saturated carbocycles. The Morgan fingerprint density at radius 3 is 2.12 bits per heavy atom. The number of aliphatic carboxylic acids is 1. The van der Waals surface area contributed by atoms with Gasteiger partial charge in [-0.2, -0.15) is 13.2 Å². The number of carbonyl (C=O) groups is 1. The molecule has 94 valence electrons. The van der Waals surface area contributed by atoms with Crippen LogP contribution < -0.4 is 5.73 Å². The summed E-state index contributed by atoms with van der Waals surface area (Å²) in [4.78, 5) is 10.7. The van der Waals surface area contributed by atoms with E-state index in [0.717, 1.165) is 5.56 Å². The molecule has 1 unspecified atom stereocenters. The Hall–Kier alpha value is -1.56. The molecule has 1 rings (SSSR count). The van der Waals surface area contributed by atoms with E-state index in [4.69, 9.17) is 10.8 Å². The number of rotatable bonds is 3. The standard InChI is InChI=1S/C11H12F3NO2/c1-7-2-4-8(5-3-7)6-10(15,9(16)17)11(12,13)14/h2-5H,6,15H2,1H3,(H,16,17). The molecule has 3 N–H and O–H groups in total. The molecule has 3 nitrogen and oxygen atoms in total. The zero-order valence-corrected chi connectivity index (χ0v) is 9.08. The van der Waals surface area contributed by atoms with Crippen LogP contribution in [0.15, 0.2) is 24.3 Å². The molecule has 0 aliphatic carbocycles. The number of alkyl halides is 3. The fourth-order valence-electron chi connectivity index (χ4n) is 1.32. The normalized spacial score (nSPS) is 15.4. The third-order valence-corrected chi connectivity index (χ3v) is 2.49. The quantitative estimate of drug-likeness (QED) is 0.857. The lowest BCUT2D eigenvalue weighted by atomic mass is 9.91. The molecule has 0 aromatic heterocycles. The summed E-state index contributed by atoms with van der Waals surface area (Å²) in [5.41, 5.74) is 2.82. The van der Waals surface area contributed by atoms with Crippen LogP contribution in [-0.4, -0.2) is 22.8 Å². The Morgan fingerprint density at radius 1 is 1.29 bits per heavy atom. The minimum absolute atomic E-state index is 0.234. The molecular weight excluding hydrogens is 235 g/mol. The summed E-state index contributed by atoms with van der Waals surface area (Å²) in [6.07, 6.45) is -5.78. The van der Waals surface area contributed by atoms with Crippen molar-refractivity contribution < 1.29 is 23.1 Å². The van der Waals surface area contributed by atoms with Gasteiger partial charge in [-0.15, -0.1) is 0 Å². The monoisotopic (exact) mass is 247 g/mol. The predicted molar refractivity (Wildman–Crippen MR) is 55.5 cm³/mol. The zero-order chi connectivity index (χ0) is 13.3. The largest absolute Gasteiger partial charge is 0.480 e. The van der Waals surface area contributed by atoms with Crippen LogP contribution in [0.1, 0.15) is 11.1 Å². The van der Waals surface area contributed by atoms with Crippen LogP contribution in [0.2, 0.25) is 0 Å². The van der Waals surface area contributed by atoms with Gasteiger partial charge in [0.1, 0.15) is 0 Å². The maximum atomic E-state index is 12.6. The van der Waals surface area contributed by atoms with Crippen molar-refractivity contribution in [1.29, 1.82) is 0 Å². The van der Waals surface area contributed by atoms with Crippen molar-refractivity contribution in [1.82, 2.24) is 0 Å². The van der Waals surface area contributed by atoms with E-state index in [2.05, 4.69) is 0 Å². The van der Waals surface area contributed by atoms with Crippen molar-refractivity contribution >= 4 is 5.97 Å². The molecule has 0 heterocycles. The molecule has 0 aliphatic heterocycles. The molecule has 1 aromatic rings. The van der Waals surface area contributed by atoms with Crippen LogP contribution in [0, 0.1) is 6.92 Å². The Labute approximate surface area is 96.0 Å². The second-order valence-corrected chi connectivity index (χ2v) is 3.94. The van der Waals surface area contributed by atoms with E-state index in [1.54, 1.807) is 19.1 Å². The fourth-order valence-corrected chi connectivity index (χ4v) is 1.32. The van der Waals surface area contributed by atoms with E-state index in [1.165, 1.54) is 12.1 Å².